The first-order valence-electron chi connectivity index (χ1n) is 11.8. The van der Waals surface area contributed by atoms with Crippen LogP contribution in [0.4, 0.5) is 0 Å². The minimum atomic E-state index is -0.918. The van der Waals surface area contributed by atoms with Crippen molar-refractivity contribution in [1.29, 1.82) is 0 Å². The van der Waals surface area contributed by atoms with E-state index in [1.807, 2.05) is 44.2 Å². The van der Waals surface area contributed by atoms with E-state index in [1.54, 1.807) is 14.2 Å². The van der Waals surface area contributed by atoms with Gasteiger partial charge in [0.1, 0.15) is 23.2 Å². The largest absolute Gasteiger partial charge is 0.497 e. The maximum atomic E-state index is 13.7. The van der Waals surface area contributed by atoms with E-state index in [2.05, 4.69) is 4.90 Å². The predicted molar refractivity (Wildman–Crippen MR) is 124 cm³/mol. The number of methoxy groups -OCH3 is 2. The number of carbonyl (C=O) groups is 1. The van der Waals surface area contributed by atoms with Crippen LogP contribution < -0.4 is 23.7 Å². The second-order valence-corrected chi connectivity index (χ2v) is 8.91. The van der Waals surface area contributed by atoms with E-state index in [-0.39, 0.29) is 19.4 Å². The van der Waals surface area contributed by atoms with Crippen molar-refractivity contribution in [2.75, 3.05) is 40.7 Å². The Labute approximate surface area is 199 Å². The summed E-state index contributed by atoms with van der Waals surface area (Å²) in [4.78, 5) is 15.9. The van der Waals surface area contributed by atoms with Crippen molar-refractivity contribution >= 4 is 5.97 Å². The molecule has 3 unspecified atom stereocenters. The number of nitrogens with zero attached hydrogens (tertiary/aromatic N) is 1. The van der Waals surface area contributed by atoms with Gasteiger partial charge in [0, 0.05) is 42.3 Å². The molecular weight excluding hydrogens is 438 g/mol. The van der Waals surface area contributed by atoms with Gasteiger partial charge >= 0.3 is 5.97 Å². The fourth-order valence-electron chi connectivity index (χ4n) is 5.48. The van der Waals surface area contributed by atoms with E-state index in [4.69, 9.17) is 28.4 Å². The third kappa shape index (κ3) is 3.60. The molecule has 182 valence electrons. The molecule has 3 aliphatic heterocycles. The Morgan fingerprint density at radius 3 is 2.44 bits per heavy atom. The number of likely N-dealkylation sites (tertiary alicyclic amines) is 1. The molecule has 0 aromatic heterocycles. The molecule has 0 amide bonds. The highest BCUT2D eigenvalue weighted by molar-refractivity contribution is 5.78. The molecule has 1 fully saturated rings. The zero-order valence-corrected chi connectivity index (χ0v) is 20.1. The zero-order valence-electron chi connectivity index (χ0n) is 20.1. The van der Waals surface area contributed by atoms with Gasteiger partial charge in [-0.15, -0.1) is 0 Å². The molecule has 1 saturated heterocycles. The van der Waals surface area contributed by atoms with E-state index in [0.717, 1.165) is 37.1 Å². The quantitative estimate of drug-likeness (QED) is 0.589. The molecule has 3 atom stereocenters. The second kappa shape index (κ2) is 8.91. The standard InChI is InChI=1S/C26H31NO7/c1-5-31-25(28)24-23(17-9-8-16(29-3)12-19(17)30-4)18-13-21-22(33-15-32-21)14-20(18)34-26(24,2)27-10-6-7-11-27/h8-9,12-14,23-24H,5-7,10-11,15H2,1-4H3. The Kier molecular flexibility index (Phi) is 5.93. The summed E-state index contributed by atoms with van der Waals surface area (Å²) in [5, 5.41) is 0. The molecule has 3 aliphatic rings. The molecule has 5 rings (SSSR count). The van der Waals surface area contributed by atoms with Gasteiger partial charge in [-0.25, -0.2) is 0 Å². The molecule has 0 radical (unpaired) electrons. The van der Waals surface area contributed by atoms with Crippen molar-refractivity contribution in [2.45, 2.75) is 38.3 Å². The van der Waals surface area contributed by atoms with Crippen molar-refractivity contribution < 1.29 is 33.2 Å². The number of rotatable bonds is 6. The number of hydrogen-bond acceptors (Lipinski definition) is 8. The Balaban J connectivity index is 1.75. The van der Waals surface area contributed by atoms with Crippen LogP contribution in [-0.4, -0.2) is 57.3 Å². The maximum Gasteiger partial charge on any atom is 0.315 e. The normalized spacial score (nSPS) is 25.4. The summed E-state index contributed by atoms with van der Waals surface area (Å²) in [6.07, 6.45) is 2.11. The fraction of sp³-hybridized carbons (Fsp3) is 0.500. The van der Waals surface area contributed by atoms with Crippen LogP contribution in [0.5, 0.6) is 28.7 Å². The number of benzene rings is 2. The summed E-state index contributed by atoms with van der Waals surface area (Å²) in [5.74, 6) is 1.90. The van der Waals surface area contributed by atoms with Crippen molar-refractivity contribution in [1.82, 2.24) is 4.90 Å². The lowest BCUT2D eigenvalue weighted by Crippen LogP contribution is -2.61. The maximum absolute atomic E-state index is 13.7. The van der Waals surface area contributed by atoms with Crippen LogP contribution in [0.15, 0.2) is 30.3 Å². The van der Waals surface area contributed by atoms with Crippen molar-refractivity contribution in [3.63, 3.8) is 0 Å². The highest BCUT2D eigenvalue weighted by Gasteiger charge is 2.56. The van der Waals surface area contributed by atoms with Crippen LogP contribution in [0.2, 0.25) is 0 Å². The number of fused-ring (bicyclic) bond motifs is 2. The average molecular weight is 470 g/mol. The molecule has 3 heterocycles. The lowest BCUT2D eigenvalue weighted by molar-refractivity contribution is -0.174. The first-order valence-corrected chi connectivity index (χ1v) is 11.8. The molecule has 2 aromatic rings. The summed E-state index contributed by atoms with van der Waals surface area (Å²) >= 11 is 0. The van der Waals surface area contributed by atoms with Crippen LogP contribution in [0.3, 0.4) is 0 Å². The van der Waals surface area contributed by atoms with Crippen LogP contribution in [0.1, 0.15) is 43.7 Å². The van der Waals surface area contributed by atoms with Gasteiger partial charge in [-0.3, -0.25) is 9.69 Å². The van der Waals surface area contributed by atoms with Gasteiger partial charge in [0.2, 0.25) is 6.79 Å². The fourth-order valence-corrected chi connectivity index (χ4v) is 5.48. The molecule has 0 N–H and O–H groups in total. The molecule has 8 nitrogen and oxygen atoms in total. The van der Waals surface area contributed by atoms with Crippen LogP contribution >= 0.6 is 0 Å². The number of hydrogen-bond donors (Lipinski definition) is 0. The van der Waals surface area contributed by atoms with Gasteiger partial charge in [0.25, 0.3) is 0 Å². The first-order chi connectivity index (χ1) is 16.5. The number of ether oxygens (including phenoxy) is 6. The number of carbonyl (C=O) groups excluding carboxylic acids is 1. The molecule has 0 aliphatic carbocycles. The zero-order chi connectivity index (χ0) is 23.9. The van der Waals surface area contributed by atoms with Crippen molar-refractivity contribution in [3.8, 4) is 28.7 Å². The van der Waals surface area contributed by atoms with Gasteiger partial charge in [-0.2, -0.15) is 0 Å². The van der Waals surface area contributed by atoms with Gasteiger partial charge in [0.05, 0.1) is 20.8 Å². The Hall–Kier alpha value is -3.13. The van der Waals surface area contributed by atoms with Gasteiger partial charge in [-0.05, 0) is 38.8 Å². The van der Waals surface area contributed by atoms with E-state index in [0.29, 0.717) is 28.7 Å². The highest BCUT2D eigenvalue weighted by Crippen LogP contribution is 2.55. The Morgan fingerprint density at radius 1 is 1.03 bits per heavy atom. The van der Waals surface area contributed by atoms with E-state index in [1.165, 1.54) is 0 Å². The molecule has 0 saturated carbocycles. The summed E-state index contributed by atoms with van der Waals surface area (Å²) < 4.78 is 34.9. The van der Waals surface area contributed by atoms with E-state index in [9.17, 15) is 4.79 Å². The Bertz CT molecular complexity index is 1080. The summed E-state index contributed by atoms with van der Waals surface area (Å²) in [6.45, 7) is 5.95. The molecule has 8 heteroatoms. The average Bonchev–Trinajstić information content (AvgIpc) is 3.54. The third-order valence-corrected chi connectivity index (χ3v) is 7.12. The minimum Gasteiger partial charge on any atom is -0.497 e. The molecule has 0 bridgehead atoms. The van der Waals surface area contributed by atoms with Crippen molar-refractivity contribution in [2.24, 2.45) is 5.92 Å². The molecular formula is C26H31NO7. The van der Waals surface area contributed by atoms with Crippen molar-refractivity contribution in [3.05, 3.63) is 41.5 Å². The minimum absolute atomic E-state index is 0.152. The summed E-state index contributed by atoms with van der Waals surface area (Å²) in [7, 11) is 3.24. The molecule has 2 aromatic carbocycles. The van der Waals surface area contributed by atoms with Crippen LogP contribution in [-0.2, 0) is 9.53 Å². The highest BCUT2D eigenvalue weighted by atomic mass is 16.7. The van der Waals surface area contributed by atoms with Crippen LogP contribution in [0.25, 0.3) is 0 Å². The topological polar surface area (TPSA) is 75.7 Å². The smallest absolute Gasteiger partial charge is 0.315 e. The second-order valence-electron chi connectivity index (χ2n) is 8.91. The third-order valence-electron chi connectivity index (χ3n) is 7.12. The van der Waals surface area contributed by atoms with E-state index < -0.39 is 17.6 Å². The molecule has 34 heavy (non-hydrogen) atoms. The lowest BCUT2D eigenvalue weighted by atomic mass is 9.72. The first kappa shape index (κ1) is 22.7. The molecule has 0 spiro atoms. The van der Waals surface area contributed by atoms with E-state index >= 15 is 0 Å². The monoisotopic (exact) mass is 469 g/mol. The lowest BCUT2D eigenvalue weighted by Gasteiger charge is -2.49. The summed E-state index contributed by atoms with van der Waals surface area (Å²) in [6, 6.07) is 9.47. The van der Waals surface area contributed by atoms with Gasteiger partial charge in [0.15, 0.2) is 17.2 Å². The summed E-state index contributed by atoms with van der Waals surface area (Å²) in [5.41, 5.74) is 0.775. The van der Waals surface area contributed by atoms with Gasteiger partial charge < -0.3 is 28.4 Å². The SMILES string of the molecule is CCOC(=O)C1C(c2ccc(OC)cc2OC)c2cc3c(cc2OC1(C)N1CCCC1)OCO3. The number of esters is 1. The van der Waals surface area contributed by atoms with Gasteiger partial charge in [-0.1, -0.05) is 6.07 Å². The van der Waals surface area contributed by atoms with Crippen LogP contribution in [0, 0.1) is 5.92 Å². The Morgan fingerprint density at radius 2 is 1.76 bits per heavy atom. The predicted octanol–water partition coefficient (Wildman–Crippen LogP) is 3.95.